The van der Waals surface area contributed by atoms with Crippen LogP contribution in [0, 0.1) is 0 Å². The van der Waals surface area contributed by atoms with Crippen molar-refractivity contribution in [3.8, 4) is 0 Å². The average molecular weight is 445 g/mol. The van der Waals surface area contributed by atoms with E-state index in [9.17, 15) is 13.2 Å². The van der Waals surface area contributed by atoms with Crippen molar-refractivity contribution in [3.63, 3.8) is 0 Å². The van der Waals surface area contributed by atoms with Gasteiger partial charge in [-0.3, -0.25) is 4.79 Å². The van der Waals surface area contributed by atoms with Crippen molar-refractivity contribution in [1.82, 2.24) is 9.62 Å². The quantitative estimate of drug-likeness (QED) is 0.509. The van der Waals surface area contributed by atoms with Gasteiger partial charge >= 0.3 is 0 Å². The van der Waals surface area contributed by atoms with Crippen molar-refractivity contribution >= 4 is 37.4 Å². The van der Waals surface area contributed by atoms with Crippen LogP contribution in [0.15, 0.2) is 58.8 Å². The van der Waals surface area contributed by atoms with Gasteiger partial charge in [-0.05, 0) is 52.9 Å². The van der Waals surface area contributed by atoms with E-state index in [-0.39, 0.29) is 5.91 Å². The van der Waals surface area contributed by atoms with Gasteiger partial charge in [-0.1, -0.05) is 44.2 Å². The van der Waals surface area contributed by atoms with E-state index in [1.165, 1.54) is 20.0 Å². The minimum Gasteiger partial charge on any atom is -0.356 e. The van der Waals surface area contributed by atoms with Crippen molar-refractivity contribution in [2.75, 3.05) is 19.6 Å². The summed E-state index contributed by atoms with van der Waals surface area (Å²) in [6, 6.07) is 15.1. The summed E-state index contributed by atoms with van der Waals surface area (Å²) in [6.45, 7) is 5.16. The van der Waals surface area contributed by atoms with Gasteiger partial charge in [0.2, 0.25) is 15.9 Å². The first-order valence-electron chi connectivity index (χ1n) is 10.3. The second-order valence-corrected chi connectivity index (χ2v) is 9.94. The van der Waals surface area contributed by atoms with Crippen LogP contribution in [0.5, 0.6) is 0 Å². The summed E-state index contributed by atoms with van der Waals surface area (Å²) in [5.74, 6) is 0.00868. The number of hydrogen-bond donors (Lipinski definition) is 1. The number of carbonyl (C=O) groups is 1. The smallest absolute Gasteiger partial charge is 0.243 e. The Bertz CT molecular complexity index is 1090. The Hall–Kier alpha value is -2.22. The summed E-state index contributed by atoms with van der Waals surface area (Å²) in [6.07, 6.45) is 1.78. The molecule has 30 heavy (non-hydrogen) atoms. The number of benzene rings is 2. The van der Waals surface area contributed by atoms with Crippen LogP contribution < -0.4 is 5.32 Å². The Kier molecular flexibility index (Phi) is 7.64. The van der Waals surface area contributed by atoms with E-state index in [1.54, 1.807) is 35.6 Å². The Morgan fingerprint density at radius 3 is 2.40 bits per heavy atom. The zero-order chi connectivity index (χ0) is 21.6. The molecule has 5 nitrogen and oxygen atoms in total. The van der Waals surface area contributed by atoms with Crippen LogP contribution in [-0.4, -0.2) is 38.3 Å². The van der Waals surface area contributed by atoms with E-state index in [0.29, 0.717) is 37.4 Å². The summed E-state index contributed by atoms with van der Waals surface area (Å²) in [4.78, 5) is 12.5. The van der Waals surface area contributed by atoms with Crippen LogP contribution >= 0.6 is 11.3 Å². The Balaban J connectivity index is 1.48. The first kappa shape index (κ1) is 22.5. The van der Waals surface area contributed by atoms with Gasteiger partial charge in [0.1, 0.15) is 0 Å². The average Bonchev–Trinajstić information content (AvgIpc) is 3.16. The number of rotatable bonds is 10. The fraction of sp³-hybridized carbons (Fsp3) is 0.348. The second kappa shape index (κ2) is 10.2. The molecule has 0 aliphatic rings. The summed E-state index contributed by atoms with van der Waals surface area (Å²) in [7, 11) is -3.44. The largest absolute Gasteiger partial charge is 0.356 e. The van der Waals surface area contributed by atoms with Gasteiger partial charge in [-0.25, -0.2) is 8.42 Å². The number of sulfonamides is 1. The van der Waals surface area contributed by atoms with Crippen molar-refractivity contribution in [1.29, 1.82) is 0 Å². The van der Waals surface area contributed by atoms with Crippen LogP contribution in [0.25, 0.3) is 10.1 Å². The van der Waals surface area contributed by atoms with E-state index in [2.05, 4.69) is 22.8 Å². The molecule has 0 fully saturated rings. The third kappa shape index (κ3) is 5.28. The van der Waals surface area contributed by atoms with Crippen LogP contribution in [0.4, 0.5) is 0 Å². The maximum absolute atomic E-state index is 12.5. The van der Waals surface area contributed by atoms with Crippen LogP contribution in [0.1, 0.15) is 31.4 Å². The molecule has 3 aromatic rings. The molecule has 0 aliphatic heterocycles. The van der Waals surface area contributed by atoms with Crippen LogP contribution in [-0.2, 0) is 27.7 Å². The highest BCUT2D eigenvalue weighted by atomic mass is 32.2. The molecule has 0 bridgehead atoms. The lowest BCUT2D eigenvalue weighted by Crippen LogP contribution is -2.30. The highest BCUT2D eigenvalue weighted by Crippen LogP contribution is 2.25. The fourth-order valence-corrected chi connectivity index (χ4v) is 5.91. The van der Waals surface area contributed by atoms with Gasteiger partial charge < -0.3 is 5.32 Å². The molecule has 1 N–H and O–H groups in total. The van der Waals surface area contributed by atoms with Gasteiger partial charge in [0, 0.05) is 30.8 Å². The predicted molar refractivity (Wildman–Crippen MR) is 123 cm³/mol. The lowest BCUT2D eigenvalue weighted by atomic mass is 10.1. The zero-order valence-electron chi connectivity index (χ0n) is 17.4. The molecule has 0 unspecified atom stereocenters. The lowest BCUT2D eigenvalue weighted by Gasteiger charge is -2.18. The molecule has 3 rings (SSSR count). The van der Waals surface area contributed by atoms with E-state index in [4.69, 9.17) is 0 Å². The van der Waals surface area contributed by atoms with Crippen molar-refractivity contribution in [2.45, 2.75) is 38.0 Å². The molecule has 1 heterocycles. The van der Waals surface area contributed by atoms with Gasteiger partial charge in [0.15, 0.2) is 0 Å². The van der Waals surface area contributed by atoms with Gasteiger partial charge in [-0.2, -0.15) is 4.31 Å². The van der Waals surface area contributed by atoms with Crippen molar-refractivity contribution < 1.29 is 13.2 Å². The van der Waals surface area contributed by atoms with E-state index in [1.807, 2.05) is 26.0 Å². The minimum absolute atomic E-state index is 0.00868. The third-order valence-corrected chi connectivity index (χ3v) is 8.26. The molecule has 0 spiro atoms. The molecule has 0 saturated carbocycles. The van der Waals surface area contributed by atoms with E-state index < -0.39 is 10.0 Å². The summed E-state index contributed by atoms with van der Waals surface area (Å²) >= 11 is 1.73. The number of hydrogen-bond acceptors (Lipinski definition) is 4. The molecule has 2 aromatic carbocycles. The number of carbonyl (C=O) groups excluding carboxylic acids is 1. The minimum atomic E-state index is -3.44. The lowest BCUT2D eigenvalue weighted by molar-refractivity contribution is -0.121. The molecule has 0 aliphatic carbocycles. The Morgan fingerprint density at radius 1 is 1.00 bits per heavy atom. The number of fused-ring (bicyclic) bond motifs is 1. The third-order valence-electron chi connectivity index (χ3n) is 5.18. The predicted octanol–water partition coefficient (Wildman–Crippen LogP) is 4.22. The second-order valence-electron chi connectivity index (χ2n) is 7.09. The van der Waals surface area contributed by atoms with Gasteiger partial charge in [0.25, 0.3) is 0 Å². The molecule has 0 atom stereocenters. The van der Waals surface area contributed by atoms with E-state index in [0.717, 1.165) is 12.0 Å². The number of nitrogens with one attached hydrogen (secondary N) is 1. The maximum Gasteiger partial charge on any atom is 0.243 e. The number of nitrogens with zero attached hydrogens (tertiary/aromatic N) is 1. The molecule has 0 saturated heterocycles. The zero-order valence-corrected chi connectivity index (χ0v) is 19.1. The SMILES string of the molecule is CCN(CC)S(=O)(=O)c1ccc(CCC(=O)NCCc2csc3ccccc23)cc1. The first-order chi connectivity index (χ1) is 14.5. The number of aryl methyl sites for hydroxylation is 1. The van der Waals surface area contributed by atoms with Crippen molar-refractivity contribution in [2.24, 2.45) is 0 Å². The number of amides is 1. The van der Waals surface area contributed by atoms with E-state index >= 15 is 0 Å². The van der Waals surface area contributed by atoms with Crippen molar-refractivity contribution in [3.05, 3.63) is 65.0 Å². The summed E-state index contributed by atoms with van der Waals surface area (Å²) in [5.41, 5.74) is 2.22. The van der Waals surface area contributed by atoms with Crippen LogP contribution in [0.2, 0.25) is 0 Å². The fourth-order valence-electron chi connectivity index (χ4n) is 3.45. The molecule has 1 amide bonds. The van der Waals surface area contributed by atoms with Gasteiger partial charge in [0.05, 0.1) is 4.90 Å². The normalized spacial score (nSPS) is 11.8. The maximum atomic E-state index is 12.5. The molecule has 7 heteroatoms. The summed E-state index contributed by atoms with van der Waals surface area (Å²) < 4.78 is 27.8. The summed E-state index contributed by atoms with van der Waals surface area (Å²) in [5, 5.41) is 6.40. The Labute approximate surface area is 182 Å². The topological polar surface area (TPSA) is 66.5 Å². The molecule has 1 aromatic heterocycles. The molecular weight excluding hydrogens is 416 g/mol. The molecule has 160 valence electrons. The standard InChI is InChI=1S/C23H28N2O3S2/c1-3-25(4-2)30(27,28)20-12-9-18(10-13-20)11-14-23(26)24-16-15-19-17-29-22-8-6-5-7-21(19)22/h5-10,12-13,17H,3-4,11,14-16H2,1-2H3,(H,24,26). The molecular formula is C23H28N2O3S2. The monoisotopic (exact) mass is 444 g/mol. The number of thiophene rings is 1. The Morgan fingerprint density at radius 2 is 1.70 bits per heavy atom. The highest BCUT2D eigenvalue weighted by Gasteiger charge is 2.21. The highest BCUT2D eigenvalue weighted by molar-refractivity contribution is 7.89. The first-order valence-corrected chi connectivity index (χ1v) is 12.6. The van der Waals surface area contributed by atoms with Crippen LogP contribution in [0.3, 0.4) is 0 Å². The molecule has 0 radical (unpaired) electrons. The van der Waals surface area contributed by atoms with Gasteiger partial charge in [-0.15, -0.1) is 11.3 Å².